The summed E-state index contributed by atoms with van der Waals surface area (Å²) in [6, 6.07) is 5.11. The molecule has 0 atom stereocenters. The molecule has 1 aromatic heterocycles. The van der Waals surface area contributed by atoms with Crippen molar-refractivity contribution in [2.75, 3.05) is 37.4 Å². The van der Waals surface area contributed by atoms with Crippen LogP contribution in [0, 0.1) is 12.7 Å². The molecule has 3 rings (SSSR count). The van der Waals surface area contributed by atoms with Gasteiger partial charge in [-0.1, -0.05) is 11.6 Å². The number of hydrogen-bond donors (Lipinski definition) is 1. The molecule has 0 unspecified atom stereocenters. The number of halogens is 1. The average molecular weight is 390 g/mol. The van der Waals surface area contributed by atoms with Crippen LogP contribution in [0.3, 0.4) is 0 Å². The van der Waals surface area contributed by atoms with Gasteiger partial charge in [0.25, 0.3) is 0 Å². The van der Waals surface area contributed by atoms with E-state index in [-0.39, 0.29) is 11.8 Å². The summed E-state index contributed by atoms with van der Waals surface area (Å²) < 4.78 is 18.4. The van der Waals surface area contributed by atoms with Crippen LogP contribution in [-0.4, -0.2) is 47.5 Å². The molecule has 2 heterocycles. The summed E-state index contributed by atoms with van der Waals surface area (Å²) in [6.07, 6.45) is 4.37. The molecule has 27 heavy (non-hydrogen) atoms. The zero-order valence-electron chi connectivity index (χ0n) is 15.8. The number of aryl methyl sites for hydroxylation is 1. The second-order valence-electron chi connectivity index (χ2n) is 6.82. The molecule has 0 bridgehead atoms. The zero-order chi connectivity index (χ0) is 19.4. The van der Waals surface area contributed by atoms with Gasteiger partial charge in [0.2, 0.25) is 5.13 Å². The van der Waals surface area contributed by atoms with E-state index in [1.165, 1.54) is 11.5 Å². The molecule has 0 spiro atoms. The molecule has 6 nitrogen and oxygen atoms in total. The highest BCUT2D eigenvalue weighted by molar-refractivity contribution is 7.09. The number of likely N-dealkylation sites (tertiary alicyclic amines) is 1. The van der Waals surface area contributed by atoms with Gasteiger partial charge in [-0.25, -0.2) is 14.2 Å². The van der Waals surface area contributed by atoms with Crippen LogP contribution in [0.4, 0.5) is 20.0 Å². The van der Waals surface area contributed by atoms with Crippen molar-refractivity contribution in [1.82, 2.24) is 14.3 Å². The number of rotatable bonds is 3. The van der Waals surface area contributed by atoms with E-state index < -0.39 is 0 Å². The summed E-state index contributed by atoms with van der Waals surface area (Å²) >= 11 is 1.18. The minimum absolute atomic E-state index is 0.158. The Morgan fingerprint density at radius 3 is 2.81 bits per heavy atom. The van der Waals surface area contributed by atoms with Crippen molar-refractivity contribution in [3.05, 3.63) is 41.0 Å². The Morgan fingerprint density at radius 1 is 1.33 bits per heavy atom. The maximum absolute atomic E-state index is 14.4. The van der Waals surface area contributed by atoms with Crippen molar-refractivity contribution in [1.29, 1.82) is 0 Å². The Hall–Kier alpha value is -2.48. The van der Waals surface area contributed by atoms with Gasteiger partial charge in [-0.2, -0.15) is 4.37 Å². The SMILES string of the molecule is Cc1nsc(NC(=O)N2CCC/C(=C/c3ccc(N(C)C)cc3F)CC2)n1. The van der Waals surface area contributed by atoms with Crippen molar-refractivity contribution in [2.24, 2.45) is 0 Å². The van der Waals surface area contributed by atoms with E-state index in [1.54, 1.807) is 17.9 Å². The predicted molar refractivity (Wildman–Crippen MR) is 108 cm³/mol. The first-order valence-corrected chi connectivity index (χ1v) is 9.72. The molecular weight excluding hydrogens is 365 g/mol. The van der Waals surface area contributed by atoms with Crippen molar-refractivity contribution < 1.29 is 9.18 Å². The van der Waals surface area contributed by atoms with Crippen LogP contribution >= 0.6 is 11.5 Å². The van der Waals surface area contributed by atoms with Crippen LogP contribution in [0.25, 0.3) is 6.08 Å². The average Bonchev–Trinajstić information content (AvgIpc) is 2.89. The van der Waals surface area contributed by atoms with Gasteiger partial charge in [0.1, 0.15) is 11.6 Å². The fourth-order valence-corrected chi connectivity index (χ4v) is 3.57. The summed E-state index contributed by atoms with van der Waals surface area (Å²) in [5.41, 5.74) is 2.59. The lowest BCUT2D eigenvalue weighted by Crippen LogP contribution is -2.35. The quantitative estimate of drug-likeness (QED) is 0.857. The van der Waals surface area contributed by atoms with Gasteiger partial charge in [0.05, 0.1) is 0 Å². The lowest BCUT2D eigenvalue weighted by atomic mass is 10.0. The highest BCUT2D eigenvalue weighted by Gasteiger charge is 2.19. The minimum Gasteiger partial charge on any atom is -0.378 e. The lowest BCUT2D eigenvalue weighted by molar-refractivity contribution is 0.214. The number of amides is 2. The summed E-state index contributed by atoms with van der Waals surface area (Å²) in [5, 5.41) is 3.31. The molecule has 2 aromatic rings. The standard InChI is InChI=1S/C19H24FN5OS/c1-13-21-18(27-23-13)22-19(26)25-9-4-5-14(8-10-25)11-15-6-7-16(24(2)3)12-17(15)20/h6-7,11-12H,4-5,8-10H2,1-3H3,(H,21,22,23,26)/b14-11-. The summed E-state index contributed by atoms with van der Waals surface area (Å²) in [4.78, 5) is 20.2. The third-order valence-corrected chi connectivity index (χ3v) is 5.24. The number of hydrogen-bond acceptors (Lipinski definition) is 5. The fraction of sp³-hybridized carbons (Fsp3) is 0.421. The summed E-state index contributed by atoms with van der Waals surface area (Å²) in [5.74, 6) is 0.429. The second-order valence-corrected chi connectivity index (χ2v) is 7.57. The topological polar surface area (TPSA) is 61.4 Å². The van der Waals surface area contributed by atoms with Crippen molar-refractivity contribution in [3.63, 3.8) is 0 Å². The largest absolute Gasteiger partial charge is 0.378 e. The van der Waals surface area contributed by atoms with Crippen LogP contribution in [-0.2, 0) is 0 Å². The number of urea groups is 1. The molecule has 8 heteroatoms. The normalized spacial score (nSPS) is 16.3. The van der Waals surface area contributed by atoms with Crippen LogP contribution in [0.1, 0.15) is 30.7 Å². The number of nitrogens with one attached hydrogen (secondary N) is 1. The molecule has 144 valence electrons. The Bertz CT molecular complexity index is 848. The highest BCUT2D eigenvalue weighted by atomic mass is 32.1. The zero-order valence-corrected chi connectivity index (χ0v) is 16.6. The number of aromatic nitrogens is 2. The van der Waals surface area contributed by atoms with Gasteiger partial charge in [-0.3, -0.25) is 5.32 Å². The van der Waals surface area contributed by atoms with Crippen LogP contribution < -0.4 is 10.2 Å². The van der Waals surface area contributed by atoms with Gasteiger partial charge >= 0.3 is 6.03 Å². The van der Waals surface area contributed by atoms with Gasteiger partial charge in [0.15, 0.2) is 0 Å². The maximum atomic E-state index is 14.4. The van der Waals surface area contributed by atoms with E-state index in [2.05, 4.69) is 14.7 Å². The van der Waals surface area contributed by atoms with Crippen molar-refractivity contribution in [3.8, 4) is 0 Å². The molecule has 1 aliphatic rings. The molecular formula is C19H24FN5OS. The third-order valence-electron chi connectivity index (χ3n) is 4.52. The van der Waals surface area contributed by atoms with Crippen molar-refractivity contribution in [2.45, 2.75) is 26.2 Å². The molecule has 1 N–H and O–H groups in total. The Morgan fingerprint density at radius 2 is 2.15 bits per heavy atom. The molecule has 1 aliphatic heterocycles. The van der Waals surface area contributed by atoms with E-state index in [9.17, 15) is 9.18 Å². The van der Waals surface area contributed by atoms with E-state index >= 15 is 0 Å². The van der Waals surface area contributed by atoms with Gasteiger partial charge in [-0.15, -0.1) is 0 Å². The van der Waals surface area contributed by atoms with Crippen LogP contribution in [0.15, 0.2) is 23.8 Å². The molecule has 1 saturated heterocycles. The first kappa shape index (κ1) is 19.3. The van der Waals surface area contributed by atoms with Crippen molar-refractivity contribution >= 4 is 34.5 Å². The molecule has 0 saturated carbocycles. The third kappa shape index (κ3) is 5.03. The number of carbonyl (C=O) groups excluding carboxylic acids is 1. The lowest BCUT2D eigenvalue weighted by Gasteiger charge is -2.19. The Kier molecular flexibility index (Phi) is 6.05. The monoisotopic (exact) mass is 389 g/mol. The summed E-state index contributed by atoms with van der Waals surface area (Å²) in [7, 11) is 3.78. The number of nitrogens with zero attached hydrogens (tertiary/aromatic N) is 4. The van der Waals surface area contributed by atoms with Crippen LogP contribution in [0.5, 0.6) is 0 Å². The molecule has 1 aromatic carbocycles. The van der Waals surface area contributed by atoms with Gasteiger partial charge in [-0.05, 0) is 44.4 Å². The molecule has 0 radical (unpaired) electrons. The summed E-state index contributed by atoms with van der Waals surface area (Å²) in [6.45, 7) is 3.06. The molecule has 1 fully saturated rings. The number of anilines is 2. The van der Waals surface area contributed by atoms with E-state index in [4.69, 9.17) is 0 Å². The highest BCUT2D eigenvalue weighted by Crippen LogP contribution is 2.24. The van der Waals surface area contributed by atoms with Gasteiger partial charge < -0.3 is 9.80 Å². The van der Waals surface area contributed by atoms with E-state index in [0.29, 0.717) is 29.6 Å². The first-order valence-electron chi connectivity index (χ1n) is 8.95. The van der Waals surface area contributed by atoms with Gasteiger partial charge in [0, 0.05) is 50.0 Å². The predicted octanol–water partition coefficient (Wildman–Crippen LogP) is 4.15. The first-order chi connectivity index (χ1) is 12.9. The number of benzene rings is 1. The molecule has 2 amide bonds. The second kappa shape index (κ2) is 8.47. The Balaban J connectivity index is 1.64. The molecule has 0 aliphatic carbocycles. The smallest absolute Gasteiger partial charge is 0.323 e. The maximum Gasteiger partial charge on any atom is 0.323 e. The van der Waals surface area contributed by atoms with Crippen LogP contribution in [0.2, 0.25) is 0 Å². The number of carbonyl (C=O) groups is 1. The Labute approximate surface area is 162 Å². The fourth-order valence-electron chi connectivity index (χ4n) is 3.01. The van der Waals surface area contributed by atoms with E-state index in [0.717, 1.165) is 30.5 Å². The minimum atomic E-state index is -0.223. The van der Waals surface area contributed by atoms with E-state index in [1.807, 2.05) is 37.2 Å².